The number of carbonyl (C=O) groups excluding carboxylic acids is 2. The SMILES string of the molecule is O=C([O-])C[C@H]1CC(=O)Oc2ccccc21. The van der Waals surface area contributed by atoms with Crippen molar-refractivity contribution in [1.29, 1.82) is 0 Å². The van der Waals surface area contributed by atoms with Crippen LogP contribution in [-0.4, -0.2) is 11.9 Å². The maximum atomic E-state index is 11.2. The molecule has 0 radical (unpaired) electrons. The third-order valence-electron chi connectivity index (χ3n) is 2.41. The van der Waals surface area contributed by atoms with Gasteiger partial charge in [0, 0.05) is 11.9 Å². The summed E-state index contributed by atoms with van der Waals surface area (Å²) in [5.74, 6) is -1.41. The average Bonchev–Trinajstić information content (AvgIpc) is 2.16. The van der Waals surface area contributed by atoms with Crippen molar-refractivity contribution in [2.75, 3.05) is 0 Å². The van der Waals surface area contributed by atoms with E-state index in [2.05, 4.69) is 0 Å². The predicted octanol–water partition coefficient (Wildman–Crippen LogP) is 0.219. The van der Waals surface area contributed by atoms with Crippen LogP contribution in [0.1, 0.15) is 24.3 Å². The summed E-state index contributed by atoms with van der Waals surface area (Å²) in [6.45, 7) is 0. The highest BCUT2D eigenvalue weighted by molar-refractivity contribution is 5.78. The van der Waals surface area contributed by atoms with Crippen LogP contribution in [0.3, 0.4) is 0 Å². The summed E-state index contributed by atoms with van der Waals surface area (Å²) in [5.41, 5.74) is 0.765. The topological polar surface area (TPSA) is 66.4 Å². The van der Waals surface area contributed by atoms with E-state index in [4.69, 9.17) is 4.74 Å². The summed E-state index contributed by atoms with van der Waals surface area (Å²) >= 11 is 0. The maximum absolute atomic E-state index is 11.2. The number of fused-ring (bicyclic) bond motifs is 1. The van der Waals surface area contributed by atoms with Gasteiger partial charge in [-0.1, -0.05) is 18.2 Å². The Morgan fingerprint density at radius 3 is 2.93 bits per heavy atom. The van der Waals surface area contributed by atoms with Gasteiger partial charge in [0.2, 0.25) is 0 Å². The number of ether oxygens (including phenoxy) is 1. The van der Waals surface area contributed by atoms with Gasteiger partial charge in [-0.2, -0.15) is 0 Å². The monoisotopic (exact) mass is 205 g/mol. The van der Waals surface area contributed by atoms with Crippen molar-refractivity contribution in [2.24, 2.45) is 0 Å². The molecule has 0 aliphatic carbocycles. The van der Waals surface area contributed by atoms with Gasteiger partial charge >= 0.3 is 5.97 Å². The van der Waals surface area contributed by atoms with Crippen LogP contribution in [-0.2, 0) is 9.59 Å². The molecule has 1 atom stereocenters. The van der Waals surface area contributed by atoms with Crippen LogP contribution in [0.15, 0.2) is 24.3 Å². The van der Waals surface area contributed by atoms with Crippen LogP contribution in [0.4, 0.5) is 0 Å². The molecule has 0 aromatic heterocycles. The molecule has 0 amide bonds. The van der Waals surface area contributed by atoms with E-state index < -0.39 is 5.97 Å². The minimum Gasteiger partial charge on any atom is -0.550 e. The van der Waals surface area contributed by atoms with E-state index in [1.165, 1.54) is 0 Å². The molecule has 1 aromatic rings. The molecule has 0 fully saturated rings. The molecular formula is C11H9O4-. The van der Waals surface area contributed by atoms with Gasteiger partial charge in [-0.15, -0.1) is 0 Å². The maximum Gasteiger partial charge on any atom is 0.311 e. The molecule has 0 N–H and O–H groups in total. The normalized spacial score (nSPS) is 19.2. The third-order valence-corrected chi connectivity index (χ3v) is 2.41. The number of rotatable bonds is 2. The zero-order valence-corrected chi connectivity index (χ0v) is 7.93. The average molecular weight is 205 g/mol. The fourth-order valence-electron chi connectivity index (χ4n) is 1.77. The Labute approximate surface area is 86.5 Å². The lowest BCUT2D eigenvalue weighted by Gasteiger charge is -2.24. The second kappa shape index (κ2) is 3.73. The number of carboxylic acid groups (broad SMARTS) is 1. The van der Waals surface area contributed by atoms with Crippen molar-refractivity contribution in [3.05, 3.63) is 29.8 Å². The van der Waals surface area contributed by atoms with Crippen molar-refractivity contribution in [2.45, 2.75) is 18.8 Å². The van der Waals surface area contributed by atoms with E-state index >= 15 is 0 Å². The molecule has 1 aliphatic rings. The van der Waals surface area contributed by atoms with Gasteiger partial charge in [0.15, 0.2) is 0 Å². The quantitative estimate of drug-likeness (QED) is 0.511. The van der Waals surface area contributed by atoms with E-state index in [0.29, 0.717) is 5.75 Å². The van der Waals surface area contributed by atoms with E-state index in [0.717, 1.165) is 5.56 Å². The van der Waals surface area contributed by atoms with Crippen LogP contribution >= 0.6 is 0 Å². The molecule has 0 spiro atoms. The van der Waals surface area contributed by atoms with Gasteiger partial charge in [0.1, 0.15) is 5.75 Å². The minimum absolute atomic E-state index is 0.102. The number of para-hydroxylation sites is 1. The summed E-state index contributed by atoms with van der Waals surface area (Å²) in [4.78, 5) is 21.7. The summed E-state index contributed by atoms with van der Waals surface area (Å²) < 4.78 is 4.99. The van der Waals surface area contributed by atoms with E-state index in [1.54, 1.807) is 24.3 Å². The number of esters is 1. The zero-order chi connectivity index (χ0) is 10.8. The van der Waals surface area contributed by atoms with Crippen LogP contribution in [0.2, 0.25) is 0 Å². The Kier molecular flexibility index (Phi) is 2.41. The largest absolute Gasteiger partial charge is 0.550 e. The molecule has 78 valence electrons. The lowest BCUT2D eigenvalue weighted by molar-refractivity contribution is -0.306. The van der Waals surface area contributed by atoms with Crippen LogP contribution in [0.5, 0.6) is 5.75 Å². The van der Waals surface area contributed by atoms with E-state index in [9.17, 15) is 14.7 Å². The number of hydrogen-bond donors (Lipinski definition) is 0. The molecule has 1 aliphatic heterocycles. The number of hydrogen-bond acceptors (Lipinski definition) is 4. The molecule has 2 rings (SSSR count). The van der Waals surface area contributed by atoms with Crippen molar-refractivity contribution < 1.29 is 19.4 Å². The first-order valence-corrected chi connectivity index (χ1v) is 4.66. The zero-order valence-electron chi connectivity index (χ0n) is 7.93. The van der Waals surface area contributed by atoms with E-state index in [1.807, 2.05) is 0 Å². The number of carboxylic acids is 1. The van der Waals surface area contributed by atoms with Crippen molar-refractivity contribution in [3.8, 4) is 5.75 Å². The standard InChI is InChI=1S/C11H10O4/c12-10(13)5-7-6-11(14)15-9-4-2-1-3-8(7)9/h1-4,7H,5-6H2,(H,12,13)/p-1/t7-/m0/s1. The van der Waals surface area contributed by atoms with Gasteiger partial charge in [0.05, 0.1) is 6.42 Å². The third kappa shape index (κ3) is 1.98. The highest BCUT2D eigenvalue weighted by Gasteiger charge is 2.26. The Morgan fingerprint density at radius 1 is 1.47 bits per heavy atom. The minimum atomic E-state index is -1.15. The predicted molar refractivity (Wildman–Crippen MR) is 49.1 cm³/mol. The fraction of sp³-hybridized carbons (Fsp3) is 0.273. The van der Waals surface area contributed by atoms with Crippen molar-refractivity contribution >= 4 is 11.9 Å². The van der Waals surface area contributed by atoms with Crippen LogP contribution in [0.25, 0.3) is 0 Å². The van der Waals surface area contributed by atoms with Crippen LogP contribution in [0, 0.1) is 0 Å². The lowest BCUT2D eigenvalue weighted by Crippen LogP contribution is -2.28. The molecule has 0 saturated heterocycles. The second-order valence-electron chi connectivity index (χ2n) is 3.49. The molecule has 1 aromatic carbocycles. The van der Waals surface area contributed by atoms with Gasteiger partial charge in [-0.25, -0.2) is 0 Å². The van der Waals surface area contributed by atoms with E-state index in [-0.39, 0.29) is 24.7 Å². The number of benzene rings is 1. The summed E-state index contributed by atoms with van der Waals surface area (Å²) in [5, 5.41) is 10.5. The lowest BCUT2D eigenvalue weighted by atomic mass is 9.90. The molecule has 15 heavy (non-hydrogen) atoms. The van der Waals surface area contributed by atoms with Gasteiger partial charge < -0.3 is 14.6 Å². The Hall–Kier alpha value is -1.84. The Morgan fingerprint density at radius 2 is 2.20 bits per heavy atom. The summed E-state index contributed by atoms with van der Waals surface area (Å²) in [6, 6.07) is 6.97. The van der Waals surface area contributed by atoms with Crippen molar-refractivity contribution in [3.63, 3.8) is 0 Å². The van der Waals surface area contributed by atoms with Gasteiger partial charge in [-0.3, -0.25) is 4.79 Å². The van der Waals surface area contributed by atoms with Gasteiger partial charge in [-0.05, 0) is 18.1 Å². The molecule has 0 unspecified atom stereocenters. The Bertz CT molecular complexity index is 411. The van der Waals surface area contributed by atoms with Crippen molar-refractivity contribution in [1.82, 2.24) is 0 Å². The summed E-state index contributed by atoms with van der Waals surface area (Å²) in [6.07, 6.45) is -0.0445. The molecular weight excluding hydrogens is 196 g/mol. The molecule has 0 bridgehead atoms. The first kappa shape index (κ1) is 9.71. The highest BCUT2D eigenvalue weighted by Crippen LogP contribution is 2.35. The molecule has 4 heteroatoms. The Balaban J connectivity index is 2.33. The summed E-state index contributed by atoms with van der Waals surface area (Å²) in [7, 11) is 0. The fourth-order valence-corrected chi connectivity index (χ4v) is 1.77. The molecule has 4 nitrogen and oxygen atoms in total. The van der Waals surface area contributed by atoms with Gasteiger partial charge in [0.25, 0.3) is 0 Å². The van der Waals surface area contributed by atoms with Crippen LogP contribution < -0.4 is 9.84 Å². The molecule has 1 heterocycles. The second-order valence-corrected chi connectivity index (χ2v) is 3.49. The molecule has 0 saturated carbocycles. The first-order valence-electron chi connectivity index (χ1n) is 4.66. The number of carbonyl (C=O) groups is 2. The smallest absolute Gasteiger partial charge is 0.311 e. The highest BCUT2D eigenvalue weighted by atomic mass is 16.5. The number of aliphatic carboxylic acids is 1. The first-order chi connectivity index (χ1) is 7.16.